The zero-order valence-electron chi connectivity index (χ0n) is 12.1. The summed E-state index contributed by atoms with van der Waals surface area (Å²) in [7, 11) is 0. The van der Waals surface area contributed by atoms with E-state index in [0.29, 0.717) is 24.5 Å². The maximum atomic E-state index is 11.5. The molecule has 0 bridgehead atoms. The van der Waals surface area contributed by atoms with Crippen molar-refractivity contribution in [3.05, 3.63) is 48.0 Å². The molecular formula is C16H14N4O3. The average molecular weight is 310 g/mol. The van der Waals surface area contributed by atoms with Crippen LogP contribution in [0.4, 0.5) is 11.6 Å². The second kappa shape index (κ2) is 5.29. The van der Waals surface area contributed by atoms with E-state index in [1.165, 1.54) is 0 Å². The third-order valence-corrected chi connectivity index (χ3v) is 3.82. The topological polar surface area (TPSA) is 90.5 Å². The van der Waals surface area contributed by atoms with Gasteiger partial charge < -0.3 is 14.6 Å². The Morgan fingerprint density at radius 2 is 2.17 bits per heavy atom. The van der Waals surface area contributed by atoms with Gasteiger partial charge in [0, 0.05) is 5.56 Å². The molecule has 23 heavy (non-hydrogen) atoms. The molecular weight excluding hydrogens is 296 g/mol. The Kier molecular flexibility index (Phi) is 3.13. The number of hydrogen-bond acceptors (Lipinski definition) is 5. The molecule has 2 aromatic carbocycles. The van der Waals surface area contributed by atoms with E-state index in [-0.39, 0.29) is 0 Å². The number of nitrogens with one attached hydrogen (secondary N) is 2. The highest BCUT2D eigenvalue weighted by atomic mass is 16.5. The minimum atomic E-state index is -0.572. The molecule has 1 aliphatic heterocycles. The predicted octanol–water partition coefficient (Wildman–Crippen LogP) is 2.21. The second-order valence-corrected chi connectivity index (χ2v) is 5.20. The van der Waals surface area contributed by atoms with Gasteiger partial charge in [-0.1, -0.05) is 12.1 Å². The Labute approximate surface area is 131 Å². The molecule has 7 heteroatoms. The van der Waals surface area contributed by atoms with Crippen LogP contribution in [0.1, 0.15) is 10.4 Å². The van der Waals surface area contributed by atoms with Crippen LogP contribution in [0, 0.1) is 0 Å². The molecule has 2 heterocycles. The van der Waals surface area contributed by atoms with Gasteiger partial charge in [0.05, 0.1) is 23.3 Å². The lowest BCUT2D eigenvalue weighted by Crippen LogP contribution is -2.29. The summed E-state index contributed by atoms with van der Waals surface area (Å²) in [6.07, 6.45) is 0. The normalized spacial score (nSPS) is 13.5. The average Bonchev–Trinajstić information content (AvgIpc) is 3.04. The van der Waals surface area contributed by atoms with Crippen LogP contribution in [-0.2, 0) is 0 Å². The van der Waals surface area contributed by atoms with Crippen LogP contribution in [0.3, 0.4) is 0 Å². The van der Waals surface area contributed by atoms with Crippen molar-refractivity contribution in [3.63, 3.8) is 0 Å². The van der Waals surface area contributed by atoms with Gasteiger partial charge >= 0.3 is 0 Å². The minimum absolute atomic E-state index is 0.331. The number of amides is 1. The molecule has 1 aromatic heterocycles. The number of anilines is 2. The van der Waals surface area contributed by atoms with Crippen molar-refractivity contribution >= 4 is 28.6 Å². The van der Waals surface area contributed by atoms with Gasteiger partial charge in [0.2, 0.25) is 5.95 Å². The highest BCUT2D eigenvalue weighted by Gasteiger charge is 2.23. The summed E-state index contributed by atoms with van der Waals surface area (Å²) in [5.74, 6) is 0.741. The maximum absolute atomic E-state index is 11.5. The molecule has 7 nitrogen and oxygen atoms in total. The van der Waals surface area contributed by atoms with Crippen molar-refractivity contribution in [2.24, 2.45) is 0 Å². The number of ether oxygens (including phenoxy) is 1. The number of nitrogens with zero attached hydrogens (tertiary/aromatic N) is 2. The molecule has 0 saturated heterocycles. The summed E-state index contributed by atoms with van der Waals surface area (Å²) in [6, 6.07) is 12.8. The Balaban J connectivity index is 1.76. The quantitative estimate of drug-likeness (QED) is 0.499. The molecule has 0 radical (unpaired) electrons. The van der Waals surface area contributed by atoms with Gasteiger partial charge in [-0.05, 0) is 30.3 Å². The molecule has 0 atom stereocenters. The zero-order chi connectivity index (χ0) is 15.8. The number of carbonyl (C=O) groups excluding carboxylic acids is 1. The number of benzene rings is 2. The van der Waals surface area contributed by atoms with Crippen molar-refractivity contribution in [2.45, 2.75) is 0 Å². The molecule has 3 N–H and O–H groups in total. The van der Waals surface area contributed by atoms with Gasteiger partial charge in [-0.3, -0.25) is 10.0 Å². The number of imidazole rings is 1. The maximum Gasteiger partial charge on any atom is 0.274 e. The van der Waals surface area contributed by atoms with Gasteiger partial charge in [-0.2, -0.15) is 0 Å². The fraction of sp³-hybridized carbons (Fsp3) is 0.125. The molecule has 0 saturated carbocycles. The Morgan fingerprint density at radius 1 is 1.30 bits per heavy atom. The molecule has 4 rings (SSSR count). The van der Waals surface area contributed by atoms with Crippen LogP contribution in [-0.4, -0.2) is 34.2 Å². The van der Waals surface area contributed by atoms with Gasteiger partial charge in [0.15, 0.2) is 0 Å². The number of H-pyrrole nitrogens is 1. The van der Waals surface area contributed by atoms with E-state index >= 15 is 0 Å². The smallest absolute Gasteiger partial charge is 0.274 e. The van der Waals surface area contributed by atoms with Gasteiger partial charge in [-0.15, -0.1) is 0 Å². The van der Waals surface area contributed by atoms with E-state index in [0.717, 1.165) is 22.7 Å². The molecule has 3 aromatic rings. The first-order chi connectivity index (χ1) is 11.3. The first-order valence-electron chi connectivity index (χ1n) is 7.20. The summed E-state index contributed by atoms with van der Waals surface area (Å²) in [5, 5.41) is 8.74. The predicted molar refractivity (Wildman–Crippen MR) is 84.3 cm³/mol. The highest BCUT2D eigenvalue weighted by Crippen LogP contribution is 2.36. The third kappa shape index (κ3) is 2.27. The Morgan fingerprint density at radius 3 is 3.00 bits per heavy atom. The number of rotatable bonds is 2. The molecule has 0 aliphatic carbocycles. The van der Waals surface area contributed by atoms with Crippen molar-refractivity contribution in [2.75, 3.05) is 18.1 Å². The molecule has 0 fully saturated rings. The van der Waals surface area contributed by atoms with E-state index in [1.807, 2.05) is 29.2 Å². The van der Waals surface area contributed by atoms with Gasteiger partial charge in [-0.25, -0.2) is 10.5 Å². The van der Waals surface area contributed by atoms with E-state index in [4.69, 9.17) is 9.94 Å². The Bertz CT molecular complexity index is 857. The van der Waals surface area contributed by atoms with Gasteiger partial charge in [0.25, 0.3) is 5.91 Å². The summed E-state index contributed by atoms with van der Waals surface area (Å²) < 4.78 is 5.64. The number of aromatic nitrogens is 2. The first kappa shape index (κ1) is 13.6. The van der Waals surface area contributed by atoms with E-state index < -0.39 is 5.91 Å². The number of para-hydroxylation sites is 2. The van der Waals surface area contributed by atoms with Crippen LogP contribution in [0.25, 0.3) is 11.0 Å². The Hall–Kier alpha value is -3.06. The zero-order valence-corrected chi connectivity index (χ0v) is 12.1. The number of carbonyl (C=O) groups is 1. The summed E-state index contributed by atoms with van der Waals surface area (Å²) >= 11 is 0. The lowest BCUT2D eigenvalue weighted by Gasteiger charge is -2.29. The van der Waals surface area contributed by atoms with Crippen LogP contribution in [0.2, 0.25) is 0 Å². The number of hydroxylamine groups is 1. The summed E-state index contributed by atoms with van der Waals surface area (Å²) in [6.45, 7) is 1.13. The van der Waals surface area contributed by atoms with Crippen molar-refractivity contribution in [1.29, 1.82) is 0 Å². The minimum Gasteiger partial charge on any atom is -0.490 e. The lowest BCUT2D eigenvalue weighted by atomic mass is 10.1. The number of aromatic amines is 1. The van der Waals surface area contributed by atoms with E-state index in [1.54, 1.807) is 23.7 Å². The highest BCUT2D eigenvalue weighted by molar-refractivity contribution is 5.94. The summed E-state index contributed by atoms with van der Waals surface area (Å²) in [4.78, 5) is 21.4. The standard InChI is InChI=1S/C16H14N4O3/c21-15(19-22)10-5-6-13-14(9-10)23-8-7-20(13)16-17-11-3-1-2-4-12(11)18-16/h1-6,9,22H,7-8H2,(H,17,18)(H,19,21). The molecule has 1 amide bonds. The van der Waals surface area contributed by atoms with Crippen molar-refractivity contribution in [1.82, 2.24) is 15.4 Å². The molecule has 0 spiro atoms. The van der Waals surface area contributed by atoms with Gasteiger partial charge in [0.1, 0.15) is 12.4 Å². The first-order valence-corrected chi connectivity index (χ1v) is 7.20. The third-order valence-electron chi connectivity index (χ3n) is 3.82. The van der Waals surface area contributed by atoms with Crippen molar-refractivity contribution in [3.8, 4) is 5.75 Å². The number of hydrogen-bond donors (Lipinski definition) is 3. The van der Waals surface area contributed by atoms with Crippen LogP contribution < -0.4 is 15.1 Å². The lowest BCUT2D eigenvalue weighted by molar-refractivity contribution is 0.0706. The fourth-order valence-electron chi connectivity index (χ4n) is 2.71. The van der Waals surface area contributed by atoms with E-state index in [9.17, 15) is 4.79 Å². The fourth-order valence-corrected chi connectivity index (χ4v) is 2.71. The second-order valence-electron chi connectivity index (χ2n) is 5.20. The summed E-state index contributed by atoms with van der Waals surface area (Å²) in [5.41, 5.74) is 4.64. The van der Waals surface area contributed by atoms with E-state index in [2.05, 4.69) is 9.97 Å². The van der Waals surface area contributed by atoms with Crippen molar-refractivity contribution < 1.29 is 14.7 Å². The monoisotopic (exact) mass is 310 g/mol. The number of fused-ring (bicyclic) bond motifs is 2. The molecule has 1 aliphatic rings. The van der Waals surface area contributed by atoms with Crippen LogP contribution in [0.5, 0.6) is 5.75 Å². The molecule has 116 valence electrons. The molecule has 0 unspecified atom stereocenters. The SMILES string of the molecule is O=C(NO)c1ccc2c(c1)OCCN2c1nc2ccccc2[nH]1. The van der Waals surface area contributed by atoms with Crippen LogP contribution >= 0.6 is 0 Å². The van der Waals surface area contributed by atoms with Crippen LogP contribution in [0.15, 0.2) is 42.5 Å². The largest absolute Gasteiger partial charge is 0.490 e.